The normalized spacial score (nSPS) is 19.5. The van der Waals surface area contributed by atoms with E-state index >= 15 is 0 Å². The first kappa shape index (κ1) is 16.8. The molecule has 2 fully saturated rings. The summed E-state index contributed by atoms with van der Waals surface area (Å²) < 4.78 is 20.6. The van der Waals surface area contributed by atoms with Gasteiger partial charge in [0.2, 0.25) is 0 Å². The summed E-state index contributed by atoms with van der Waals surface area (Å²) in [5.41, 5.74) is 1.21. The summed E-state index contributed by atoms with van der Waals surface area (Å²) in [6, 6.07) is 5.59. The zero-order valence-corrected chi connectivity index (χ0v) is 14.7. The number of carbonyl (C=O) groups is 2. The molecule has 1 atom stereocenters. The molecule has 3 heterocycles. The summed E-state index contributed by atoms with van der Waals surface area (Å²) in [6.45, 7) is 1.42. The summed E-state index contributed by atoms with van der Waals surface area (Å²) in [5, 5.41) is 4.63. The van der Waals surface area contributed by atoms with Crippen LogP contribution < -0.4 is 0 Å². The molecule has 26 heavy (non-hydrogen) atoms. The lowest BCUT2D eigenvalue weighted by Crippen LogP contribution is -2.53. The number of halogens is 2. The molecule has 2 amide bonds. The van der Waals surface area contributed by atoms with Crippen LogP contribution in [0.4, 0.5) is 9.18 Å². The highest BCUT2D eigenvalue weighted by Gasteiger charge is 2.38. The van der Waals surface area contributed by atoms with Gasteiger partial charge in [0.25, 0.3) is 5.91 Å². The number of benzene rings is 1. The number of fused-ring (bicyclic) bond motifs is 1. The van der Waals surface area contributed by atoms with Crippen molar-refractivity contribution < 1.29 is 18.7 Å². The fourth-order valence-corrected chi connectivity index (χ4v) is 3.44. The Bertz CT molecular complexity index is 881. The lowest BCUT2D eigenvalue weighted by molar-refractivity contribution is 0.0616. The average molecular weight is 379 g/mol. The largest absolute Gasteiger partial charge is 0.447 e. The molecule has 7 nitrogen and oxygen atoms in total. The van der Waals surface area contributed by atoms with Gasteiger partial charge in [0, 0.05) is 43.9 Å². The van der Waals surface area contributed by atoms with Crippen molar-refractivity contribution in [2.45, 2.75) is 6.04 Å². The Hall–Kier alpha value is -2.61. The third-order valence-electron chi connectivity index (χ3n) is 4.67. The van der Waals surface area contributed by atoms with E-state index in [1.807, 2.05) is 0 Å². The first-order valence-corrected chi connectivity index (χ1v) is 8.53. The second-order valence-corrected chi connectivity index (χ2v) is 6.77. The van der Waals surface area contributed by atoms with Gasteiger partial charge in [-0.2, -0.15) is 5.10 Å². The number of piperazine rings is 1. The third kappa shape index (κ3) is 2.90. The standard InChI is InChI=1S/C17H16ClFN4O3/c1-21-15(18)7-14(20-21)10-4-11(6-12(19)5-10)16(24)22-2-3-23-13(8-22)9-26-17(23)25/h4-7,13H,2-3,8-9H2,1H3. The molecule has 1 aromatic heterocycles. The van der Waals surface area contributed by atoms with Crippen LogP contribution in [0.25, 0.3) is 11.3 Å². The highest BCUT2D eigenvalue weighted by molar-refractivity contribution is 6.29. The van der Waals surface area contributed by atoms with Gasteiger partial charge < -0.3 is 9.64 Å². The minimum atomic E-state index is -0.523. The number of carbonyl (C=O) groups excluding carboxylic acids is 2. The lowest BCUT2D eigenvalue weighted by Gasteiger charge is -2.35. The van der Waals surface area contributed by atoms with Crippen LogP contribution in [0, 0.1) is 5.82 Å². The number of hydrogen-bond donors (Lipinski definition) is 0. The van der Waals surface area contributed by atoms with Gasteiger partial charge in [-0.3, -0.25) is 14.4 Å². The van der Waals surface area contributed by atoms with Crippen LogP contribution in [-0.2, 0) is 11.8 Å². The maximum Gasteiger partial charge on any atom is 0.410 e. The molecular weight excluding hydrogens is 363 g/mol. The van der Waals surface area contributed by atoms with E-state index in [1.54, 1.807) is 29.0 Å². The number of ether oxygens (including phenoxy) is 1. The van der Waals surface area contributed by atoms with E-state index in [0.717, 1.165) is 0 Å². The smallest absolute Gasteiger partial charge is 0.410 e. The quantitative estimate of drug-likeness (QED) is 0.803. The van der Waals surface area contributed by atoms with Gasteiger partial charge >= 0.3 is 6.09 Å². The molecule has 0 radical (unpaired) electrons. The Morgan fingerprint density at radius 3 is 2.85 bits per heavy atom. The number of aromatic nitrogens is 2. The average Bonchev–Trinajstić information content (AvgIpc) is 3.16. The summed E-state index contributed by atoms with van der Waals surface area (Å²) in [4.78, 5) is 27.6. The van der Waals surface area contributed by atoms with Crippen LogP contribution in [0.2, 0.25) is 5.15 Å². The molecule has 2 aliphatic rings. The summed E-state index contributed by atoms with van der Waals surface area (Å²) in [7, 11) is 1.68. The molecule has 0 bridgehead atoms. The maximum atomic E-state index is 14.1. The van der Waals surface area contributed by atoms with Crippen molar-refractivity contribution in [1.29, 1.82) is 0 Å². The monoisotopic (exact) mass is 378 g/mol. The van der Waals surface area contributed by atoms with Crippen molar-refractivity contribution in [3.8, 4) is 11.3 Å². The Morgan fingerprint density at radius 1 is 1.31 bits per heavy atom. The molecular formula is C17H16ClFN4O3. The van der Waals surface area contributed by atoms with E-state index < -0.39 is 5.82 Å². The summed E-state index contributed by atoms with van der Waals surface area (Å²) in [6.07, 6.45) is -0.345. The first-order valence-electron chi connectivity index (χ1n) is 8.15. The molecule has 0 spiro atoms. The van der Waals surface area contributed by atoms with Crippen LogP contribution >= 0.6 is 11.6 Å². The minimum absolute atomic E-state index is 0.150. The van der Waals surface area contributed by atoms with Crippen molar-refractivity contribution in [1.82, 2.24) is 19.6 Å². The SMILES string of the molecule is Cn1nc(-c2cc(F)cc(C(=O)N3CCN4C(=O)OCC4C3)c2)cc1Cl. The molecule has 1 unspecified atom stereocenters. The van der Waals surface area contributed by atoms with Gasteiger partial charge in [0.15, 0.2) is 0 Å². The van der Waals surface area contributed by atoms with Gasteiger partial charge in [-0.1, -0.05) is 11.6 Å². The minimum Gasteiger partial charge on any atom is -0.447 e. The molecule has 4 rings (SSSR count). The van der Waals surface area contributed by atoms with E-state index in [1.165, 1.54) is 16.8 Å². The van der Waals surface area contributed by atoms with E-state index in [4.69, 9.17) is 16.3 Å². The molecule has 2 aliphatic heterocycles. The Morgan fingerprint density at radius 2 is 2.12 bits per heavy atom. The molecule has 2 aromatic rings. The van der Waals surface area contributed by atoms with E-state index in [-0.39, 0.29) is 30.2 Å². The van der Waals surface area contributed by atoms with Crippen molar-refractivity contribution in [2.24, 2.45) is 7.05 Å². The molecule has 9 heteroatoms. The molecule has 0 saturated carbocycles. The van der Waals surface area contributed by atoms with Gasteiger partial charge in [0.1, 0.15) is 17.6 Å². The molecule has 2 saturated heterocycles. The predicted molar refractivity (Wildman–Crippen MR) is 91.4 cm³/mol. The zero-order valence-electron chi connectivity index (χ0n) is 14.0. The molecule has 0 N–H and O–H groups in total. The molecule has 0 aliphatic carbocycles. The number of amides is 2. The van der Waals surface area contributed by atoms with Gasteiger partial charge in [-0.05, 0) is 18.2 Å². The number of aryl methyl sites for hydroxylation is 1. The van der Waals surface area contributed by atoms with Gasteiger partial charge in [-0.25, -0.2) is 9.18 Å². The van der Waals surface area contributed by atoms with Crippen LogP contribution in [0.5, 0.6) is 0 Å². The first-order chi connectivity index (χ1) is 12.4. The number of hydrogen-bond acceptors (Lipinski definition) is 4. The Labute approximate surface area is 153 Å². The van der Waals surface area contributed by atoms with Gasteiger partial charge in [-0.15, -0.1) is 0 Å². The van der Waals surface area contributed by atoms with Crippen LogP contribution in [0.15, 0.2) is 24.3 Å². The second kappa shape index (κ2) is 6.28. The van der Waals surface area contributed by atoms with Crippen molar-refractivity contribution in [3.63, 3.8) is 0 Å². The molecule has 136 valence electrons. The predicted octanol–water partition coefficient (Wildman–Crippen LogP) is 2.16. The lowest BCUT2D eigenvalue weighted by atomic mass is 10.1. The van der Waals surface area contributed by atoms with Crippen LogP contribution in [0.1, 0.15) is 10.4 Å². The van der Waals surface area contributed by atoms with Crippen LogP contribution in [0.3, 0.4) is 0 Å². The fraction of sp³-hybridized carbons (Fsp3) is 0.353. The highest BCUT2D eigenvalue weighted by Crippen LogP contribution is 2.25. The van der Waals surface area contributed by atoms with Crippen molar-refractivity contribution in [3.05, 3.63) is 40.8 Å². The number of nitrogens with zero attached hydrogens (tertiary/aromatic N) is 4. The van der Waals surface area contributed by atoms with E-state index in [0.29, 0.717) is 36.0 Å². The highest BCUT2D eigenvalue weighted by atomic mass is 35.5. The number of rotatable bonds is 2. The maximum absolute atomic E-state index is 14.1. The van der Waals surface area contributed by atoms with E-state index in [9.17, 15) is 14.0 Å². The van der Waals surface area contributed by atoms with E-state index in [2.05, 4.69) is 5.10 Å². The van der Waals surface area contributed by atoms with Crippen LogP contribution in [-0.4, -0.2) is 63.9 Å². The summed E-state index contributed by atoms with van der Waals surface area (Å²) >= 11 is 5.99. The Balaban J connectivity index is 1.59. The van der Waals surface area contributed by atoms with Gasteiger partial charge in [0.05, 0.1) is 11.7 Å². The van der Waals surface area contributed by atoms with Crippen molar-refractivity contribution in [2.75, 3.05) is 26.2 Å². The second-order valence-electron chi connectivity index (χ2n) is 6.38. The molecule has 1 aromatic carbocycles. The Kier molecular flexibility index (Phi) is 4.07. The fourth-order valence-electron chi connectivity index (χ4n) is 3.30. The zero-order chi connectivity index (χ0) is 18.4. The number of cyclic esters (lactones) is 1. The summed E-state index contributed by atoms with van der Waals surface area (Å²) in [5.74, 6) is -0.808. The van der Waals surface area contributed by atoms with Crippen molar-refractivity contribution >= 4 is 23.6 Å². The topological polar surface area (TPSA) is 67.7 Å². The third-order valence-corrected chi connectivity index (χ3v) is 5.02.